The van der Waals surface area contributed by atoms with Crippen molar-refractivity contribution in [2.75, 3.05) is 24.3 Å². The Bertz CT molecular complexity index is 1010. The zero-order valence-electron chi connectivity index (χ0n) is 20.0. The van der Waals surface area contributed by atoms with Crippen LogP contribution < -0.4 is 5.32 Å². The summed E-state index contributed by atoms with van der Waals surface area (Å²) in [5, 5.41) is 8.12. The van der Waals surface area contributed by atoms with Gasteiger partial charge in [0.2, 0.25) is 12.3 Å². The lowest BCUT2D eigenvalue weighted by molar-refractivity contribution is -0.143. The fraction of sp³-hybridized carbons (Fsp3) is 0.522. The second kappa shape index (κ2) is 13.8. The number of ether oxygens (including phenoxy) is 1. The van der Waals surface area contributed by atoms with Crippen LogP contribution in [0.15, 0.2) is 24.3 Å². The molecule has 0 fully saturated rings. The van der Waals surface area contributed by atoms with Crippen molar-refractivity contribution in [2.24, 2.45) is 0 Å². The van der Waals surface area contributed by atoms with E-state index in [-0.39, 0.29) is 24.1 Å². The molecule has 0 saturated carbocycles. The number of benzene rings is 1. The van der Waals surface area contributed by atoms with Crippen molar-refractivity contribution in [3.8, 4) is 0 Å². The normalized spacial score (nSPS) is 13.8. The fourth-order valence-corrected chi connectivity index (χ4v) is 3.89. The van der Waals surface area contributed by atoms with E-state index in [1.165, 1.54) is 7.11 Å². The maximum atomic E-state index is 12.4. The Morgan fingerprint density at radius 1 is 1.08 bits per heavy atom. The molecule has 2 aromatic rings. The van der Waals surface area contributed by atoms with Crippen LogP contribution in [-0.4, -0.2) is 46.0 Å². The number of aryl methyl sites for hydroxylation is 1. The number of rotatable bonds is 8. The standard InChI is InChI=1S/C13H19BrN4O2.C10H8F6O/c14-5-2-1-4-13(20)15-12-8-11-9-17(10-19)6-3-7-18(11)16-12;1-17-5-6-2-7(9(11,12)13)4-8(3-6)10(14,15)16/h8,10H,1-7,9H2,(H,15,16,20);2-4H,5H2,1H3. The van der Waals surface area contributed by atoms with Crippen LogP contribution in [0.4, 0.5) is 32.2 Å². The molecule has 0 spiro atoms. The number of carbonyl (C=O) groups excluding carboxylic acids is 2. The molecule has 37 heavy (non-hydrogen) atoms. The van der Waals surface area contributed by atoms with E-state index in [0.717, 1.165) is 49.8 Å². The maximum Gasteiger partial charge on any atom is 0.416 e. The quantitative estimate of drug-likeness (QED) is 0.185. The number of alkyl halides is 7. The number of hydrogen-bond acceptors (Lipinski definition) is 4. The number of amides is 2. The molecule has 1 aromatic carbocycles. The number of nitrogens with one attached hydrogen (secondary N) is 1. The van der Waals surface area contributed by atoms with Crippen LogP contribution in [0.2, 0.25) is 0 Å². The average molecular weight is 601 g/mol. The molecule has 0 radical (unpaired) electrons. The first-order valence-electron chi connectivity index (χ1n) is 11.3. The molecule has 0 saturated heterocycles. The fourth-order valence-electron chi connectivity index (χ4n) is 3.49. The van der Waals surface area contributed by atoms with Crippen LogP contribution >= 0.6 is 15.9 Å². The third-order valence-electron chi connectivity index (χ3n) is 5.21. The van der Waals surface area contributed by atoms with Gasteiger partial charge in [-0.25, -0.2) is 0 Å². The summed E-state index contributed by atoms with van der Waals surface area (Å²) >= 11 is 3.34. The third-order valence-corrected chi connectivity index (χ3v) is 5.77. The van der Waals surface area contributed by atoms with E-state index in [9.17, 15) is 35.9 Å². The van der Waals surface area contributed by atoms with Gasteiger partial charge < -0.3 is 15.0 Å². The number of hydrogen-bond donors (Lipinski definition) is 1. The smallest absolute Gasteiger partial charge is 0.380 e. The van der Waals surface area contributed by atoms with Crippen molar-refractivity contribution in [2.45, 2.75) is 57.7 Å². The van der Waals surface area contributed by atoms with Crippen LogP contribution in [0, 0.1) is 0 Å². The van der Waals surface area contributed by atoms with Crippen LogP contribution in [-0.2, 0) is 46.4 Å². The lowest BCUT2D eigenvalue weighted by Gasteiger charge is -2.13. The van der Waals surface area contributed by atoms with Crippen molar-refractivity contribution in [1.82, 2.24) is 14.7 Å². The van der Waals surface area contributed by atoms with Gasteiger partial charge in [0, 0.05) is 38.0 Å². The number of carbonyl (C=O) groups is 2. The van der Waals surface area contributed by atoms with Gasteiger partial charge in [-0.05, 0) is 43.0 Å². The van der Waals surface area contributed by atoms with Crippen LogP contribution in [0.3, 0.4) is 0 Å². The Morgan fingerprint density at radius 3 is 2.27 bits per heavy atom. The molecule has 2 heterocycles. The van der Waals surface area contributed by atoms with Gasteiger partial charge in [0.05, 0.1) is 30.0 Å². The van der Waals surface area contributed by atoms with Crippen molar-refractivity contribution in [3.63, 3.8) is 0 Å². The van der Waals surface area contributed by atoms with E-state index in [2.05, 4.69) is 31.1 Å². The molecule has 1 N–H and O–H groups in total. The molecule has 0 unspecified atom stereocenters. The molecule has 1 aliphatic rings. The molecule has 2 amide bonds. The Hall–Kier alpha value is -2.61. The lowest BCUT2D eigenvalue weighted by atomic mass is 10.1. The predicted molar refractivity (Wildman–Crippen MR) is 127 cm³/mol. The maximum absolute atomic E-state index is 12.4. The number of halogens is 7. The molecule has 7 nitrogen and oxygen atoms in total. The molecule has 1 aromatic heterocycles. The van der Waals surface area contributed by atoms with E-state index in [1.807, 2.05) is 10.7 Å². The zero-order chi connectivity index (χ0) is 27.6. The third kappa shape index (κ3) is 9.99. The Kier molecular flexibility index (Phi) is 11.4. The highest BCUT2D eigenvalue weighted by Gasteiger charge is 2.36. The largest absolute Gasteiger partial charge is 0.416 e. The van der Waals surface area contributed by atoms with E-state index in [4.69, 9.17) is 0 Å². The molecule has 0 atom stereocenters. The summed E-state index contributed by atoms with van der Waals surface area (Å²) in [5.41, 5.74) is -1.88. The van der Waals surface area contributed by atoms with Crippen molar-refractivity contribution in [1.29, 1.82) is 0 Å². The van der Waals surface area contributed by atoms with Crippen LogP contribution in [0.25, 0.3) is 0 Å². The average Bonchev–Trinajstić information content (AvgIpc) is 3.07. The predicted octanol–water partition coefficient (Wildman–Crippen LogP) is 5.62. The van der Waals surface area contributed by atoms with E-state index in [1.54, 1.807) is 4.90 Å². The van der Waals surface area contributed by atoms with Crippen molar-refractivity contribution in [3.05, 3.63) is 46.6 Å². The topological polar surface area (TPSA) is 76.5 Å². The molecule has 206 valence electrons. The Labute approximate surface area is 218 Å². The summed E-state index contributed by atoms with van der Waals surface area (Å²) in [7, 11) is 1.19. The van der Waals surface area contributed by atoms with Crippen molar-refractivity contribution >= 4 is 34.1 Å². The van der Waals surface area contributed by atoms with Gasteiger partial charge in [0.15, 0.2) is 5.82 Å². The van der Waals surface area contributed by atoms with Gasteiger partial charge in [-0.15, -0.1) is 0 Å². The first kappa shape index (κ1) is 30.6. The van der Waals surface area contributed by atoms with Gasteiger partial charge in [-0.3, -0.25) is 14.3 Å². The first-order valence-corrected chi connectivity index (χ1v) is 12.4. The van der Waals surface area contributed by atoms with Gasteiger partial charge in [-0.1, -0.05) is 15.9 Å². The number of nitrogens with zero attached hydrogens (tertiary/aromatic N) is 3. The van der Waals surface area contributed by atoms with Gasteiger partial charge in [0.1, 0.15) is 0 Å². The first-order chi connectivity index (χ1) is 17.4. The van der Waals surface area contributed by atoms with Gasteiger partial charge >= 0.3 is 12.4 Å². The Balaban J connectivity index is 0.000000264. The van der Waals surface area contributed by atoms with Crippen LogP contribution in [0.5, 0.6) is 0 Å². The number of unbranched alkanes of at least 4 members (excludes halogenated alkanes) is 1. The molecule has 0 bridgehead atoms. The number of anilines is 1. The van der Waals surface area contributed by atoms with Crippen molar-refractivity contribution < 1.29 is 40.7 Å². The summed E-state index contributed by atoms with van der Waals surface area (Å²) < 4.78 is 80.6. The minimum Gasteiger partial charge on any atom is -0.380 e. The molecular formula is C23H27BrF6N4O3. The van der Waals surface area contributed by atoms with E-state index in [0.29, 0.717) is 30.9 Å². The lowest BCUT2D eigenvalue weighted by Crippen LogP contribution is -2.20. The number of aromatic nitrogens is 2. The highest BCUT2D eigenvalue weighted by atomic mass is 79.9. The Morgan fingerprint density at radius 2 is 1.73 bits per heavy atom. The summed E-state index contributed by atoms with van der Waals surface area (Å²) in [6, 6.07) is 3.21. The van der Waals surface area contributed by atoms with Gasteiger partial charge in [0.25, 0.3) is 0 Å². The summed E-state index contributed by atoms with van der Waals surface area (Å²) in [6.45, 7) is 1.77. The molecule has 0 aliphatic carbocycles. The molecule has 14 heteroatoms. The minimum atomic E-state index is -4.82. The molecule has 3 rings (SSSR count). The summed E-state index contributed by atoms with van der Waals surface area (Å²) in [5.74, 6) is 0.572. The number of methoxy groups -OCH3 is 1. The second-order valence-corrected chi connectivity index (χ2v) is 9.01. The number of fused-ring (bicyclic) bond motifs is 1. The highest BCUT2D eigenvalue weighted by molar-refractivity contribution is 9.09. The highest BCUT2D eigenvalue weighted by Crippen LogP contribution is 2.36. The zero-order valence-corrected chi connectivity index (χ0v) is 21.5. The second-order valence-electron chi connectivity index (χ2n) is 8.21. The van der Waals surface area contributed by atoms with Gasteiger partial charge in [-0.2, -0.15) is 31.4 Å². The molecular weight excluding hydrogens is 574 g/mol. The SMILES string of the molecule is COCc1cc(C(F)(F)F)cc(C(F)(F)F)c1.O=CN1CCCn2nc(NC(=O)CCCCBr)cc2C1. The minimum absolute atomic E-state index is 0.00791. The van der Waals surface area contributed by atoms with E-state index < -0.39 is 23.5 Å². The summed E-state index contributed by atoms with van der Waals surface area (Å²) in [6.07, 6.45) is -5.53. The summed E-state index contributed by atoms with van der Waals surface area (Å²) in [4.78, 5) is 24.3. The van der Waals surface area contributed by atoms with Crippen LogP contribution in [0.1, 0.15) is 48.1 Å². The monoisotopic (exact) mass is 600 g/mol. The molecule has 1 aliphatic heterocycles. The van der Waals surface area contributed by atoms with E-state index >= 15 is 0 Å².